The number of anilines is 2. The van der Waals surface area contributed by atoms with E-state index < -0.39 is 0 Å². The molecule has 4 nitrogen and oxygen atoms in total. The minimum Gasteiger partial charge on any atom is -0.399 e. The lowest BCUT2D eigenvalue weighted by atomic mass is 10.2. The van der Waals surface area contributed by atoms with Gasteiger partial charge in [0.15, 0.2) is 0 Å². The molecule has 2 aromatic rings. The number of aromatic nitrogens is 2. The second-order valence-corrected chi connectivity index (χ2v) is 4.25. The van der Waals surface area contributed by atoms with Crippen LogP contribution in [0.25, 0.3) is 0 Å². The number of nitrogen functional groups attached to an aromatic ring is 1. The molecule has 0 saturated carbocycles. The van der Waals surface area contributed by atoms with Crippen molar-refractivity contribution < 1.29 is 0 Å². The fourth-order valence-corrected chi connectivity index (χ4v) is 1.86. The molecule has 0 radical (unpaired) electrons. The lowest BCUT2D eigenvalue weighted by molar-refractivity contribution is 0.730. The number of hydrogen-bond acceptors (Lipinski definition) is 3. The highest BCUT2D eigenvalue weighted by molar-refractivity contribution is 5.51. The van der Waals surface area contributed by atoms with E-state index in [9.17, 15) is 0 Å². The molecule has 0 unspecified atom stereocenters. The van der Waals surface area contributed by atoms with E-state index in [1.165, 1.54) is 11.3 Å². The van der Waals surface area contributed by atoms with E-state index in [4.69, 9.17) is 5.73 Å². The summed E-state index contributed by atoms with van der Waals surface area (Å²) in [6.07, 6.45) is 0. The molecule has 0 amide bonds. The average Bonchev–Trinajstić information content (AvgIpc) is 2.54. The third-order valence-electron chi connectivity index (χ3n) is 3.04. The van der Waals surface area contributed by atoms with Gasteiger partial charge in [-0.05, 0) is 38.1 Å². The predicted molar refractivity (Wildman–Crippen MR) is 70.9 cm³/mol. The van der Waals surface area contributed by atoms with Crippen LogP contribution in [0.5, 0.6) is 0 Å². The number of aryl methyl sites for hydroxylation is 2. The summed E-state index contributed by atoms with van der Waals surface area (Å²) in [5, 5.41) is 7.77. The summed E-state index contributed by atoms with van der Waals surface area (Å²) < 4.78 is 1.91. The zero-order chi connectivity index (χ0) is 12.4. The van der Waals surface area contributed by atoms with Crippen LogP contribution < -0.4 is 11.1 Å². The Morgan fingerprint density at radius 3 is 2.41 bits per heavy atom. The van der Waals surface area contributed by atoms with Crippen LogP contribution in [0.15, 0.2) is 24.3 Å². The van der Waals surface area contributed by atoms with Crippen LogP contribution in [-0.2, 0) is 13.6 Å². The molecule has 0 saturated heterocycles. The van der Waals surface area contributed by atoms with Gasteiger partial charge in [-0.1, -0.05) is 0 Å². The Hall–Kier alpha value is -1.97. The van der Waals surface area contributed by atoms with Crippen molar-refractivity contribution in [3.8, 4) is 0 Å². The van der Waals surface area contributed by atoms with Crippen LogP contribution in [0.2, 0.25) is 0 Å². The van der Waals surface area contributed by atoms with Crippen LogP contribution in [0.3, 0.4) is 0 Å². The van der Waals surface area contributed by atoms with Crippen molar-refractivity contribution in [2.24, 2.45) is 7.05 Å². The molecule has 0 aliphatic rings. The Morgan fingerprint density at radius 2 is 1.88 bits per heavy atom. The first-order valence-corrected chi connectivity index (χ1v) is 5.66. The van der Waals surface area contributed by atoms with Crippen molar-refractivity contribution >= 4 is 11.4 Å². The number of nitrogens with one attached hydrogen (secondary N) is 1. The standard InChI is InChI=1S/C13H18N4/c1-9-13(10(2)17(3)16-9)8-15-12-6-4-11(14)5-7-12/h4-7,15H,8,14H2,1-3H3. The lowest BCUT2D eigenvalue weighted by Crippen LogP contribution is -2.02. The molecular formula is C13H18N4. The largest absolute Gasteiger partial charge is 0.399 e. The first-order valence-electron chi connectivity index (χ1n) is 5.66. The smallest absolute Gasteiger partial charge is 0.0646 e. The van der Waals surface area contributed by atoms with Crippen molar-refractivity contribution in [3.05, 3.63) is 41.2 Å². The monoisotopic (exact) mass is 230 g/mol. The van der Waals surface area contributed by atoms with Crippen molar-refractivity contribution in [1.82, 2.24) is 9.78 Å². The van der Waals surface area contributed by atoms with E-state index in [-0.39, 0.29) is 0 Å². The number of hydrogen-bond donors (Lipinski definition) is 2. The second-order valence-electron chi connectivity index (χ2n) is 4.25. The van der Waals surface area contributed by atoms with Crippen molar-refractivity contribution in [1.29, 1.82) is 0 Å². The van der Waals surface area contributed by atoms with Gasteiger partial charge in [-0.25, -0.2) is 0 Å². The molecule has 0 aliphatic carbocycles. The number of nitrogens with two attached hydrogens (primary N) is 1. The topological polar surface area (TPSA) is 55.9 Å². The van der Waals surface area contributed by atoms with Gasteiger partial charge in [0.1, 0.15) is 0 Å². The van der Waals surface area contributed by atoms with Crippen LogP contribution in [0, 0.1) is 13.8 Å². The Morgan fingerprint density at radius 1 is 1.24 bits per heavy atom. The molecule has 0 spiro atoms. The number of rotatable bonds is 3. The molecule has 2 rings (SSSR count). The number of nitrogens with zero attached hydrogens (tertiary/aromatic N) is 2. The molecule has 1 aromatic heterocycles. The molecule has 1 heterocycles. The van der Waals surface area contributed by atoms with E-state index in [0.29, 0.717) is 0 Å². The van der Waals surface area contributed by atoms with Crippen LogP contribution in [0.4, 0.5) is 11.4 Å². The minimum atomic E-state index is 0.782. The van der Waals surface area contributed by atoms with Gasteiger partial charge in [0.05, 0.1) is 5.69 Å². The molecule has 1 aromatic carbocycles. The molecule has 0 fully saturated rings. The Balaban J connectivity index is 2.09. The fourth-order valence-electron chi connectivity index (χ4n) is 1.86. The van der Waals surface area contributed by atoms with Crippen LogP contribution in [-0.4, -0.2) is 9.78 Å². The molecule has 17 heavy (non-hydrogen) atoms. The summed E-state index contributed by atoms with van der Waals surface area (Å²) in [4.78, 5) is 0. The summed E-state index contributed by atoms with van der Waals surface area (Å²) in [6.45, 7) is 4.91. The van der Waals surface area contributed by atoms with Crippen molar-refractivity contribution in [3.63, 3.8) is 0 Å². The molecule has 90 valence electrons. The summed E-state index contributed by atoms with van der Waals surface area (Å²) in [6, 6.07) is 7.75. The Bertz CT molecular complexity index is 511. The predicted octanol–water partition coefficient (Wildman–Crippen LogP) is 2.23. The second kappa shape index (κ2) is 4.49. The van der Waals surface area contributed by atoms with Gasteiger partial charge < -0.3 is 11.1 Å². The molecule has 3 N–H and O–H groups in total. The fraction of sp³-hybridized carbons (Fsp3) is 0.308. The molecule has 4 heteroatoms. The quantitative estimate of drug-likeness (QED) is 0.795. The maximum Gasteiger partial charge on any atom is 0.0646 e. The zero-order valence-electron chi connectivity index (χ0n) is 10.5. The minimum absolute atomic E-state index is 0.782. The summed E-state index contributed by atoms with van der Waals surface area (Å²) >= 11 is 0. The first-order chi connectivity index (χ1) is 8.08. The van der Waals surface area contributed by atoms with Crippen LogP contribution >= 0.6 is 0 Å². The van der Waals surface area contributed by atoms with Gasteiger partial charge in [0.25, 0.3) is 0 Å². The molecule has 0 aliphatic heterocycles. The maximum absolute atomic E-state index is 5.64. The lowest BCUT2D eigenvalue weighted by Gasteiger charge is -2.07. The normalized spacial score (nSPS) is 10.5. The highest BCUT2D eigenvalue weighted by atomic mass is 15.3. The summed E-state index contributed by atoms with van der Waals surface area (Å²) in [5.74, 6) is 0. The molecule has 0 atom stereocenters. The zero-order valence-corrected chi connectivity index (χ0v) is 10.5. The van der Waals surface area contributed by atoms with Gasteiger partial charge in [0, 0.05) is 36.2 Å². The summed E-state index contributed by atoms with van der Waals surface area (Å²) in [5.41, 5.74) is 11.0. The highest BCUT2D eigenvalue weighted by Crippen LogP contribution is 2.16. The third kappa shape index (κ3) is 2.41. The van der Waals surface area contributed by atoms with E-state index in [1.54, 1.807) is 0 Å². The van der Waals surface area contributed by atoms with Gasteiger partial charge in [-0.3, -0.25) is 4.68 Å². The van der Waals surface area contributed by atoms with E-state index in [2.05, 4.69) is 17.3 Å². The Labute approximate surface area is 101 Å². The van der Waals surface area contributed by atoms with Crippen LogP contribution in [0.1, 0.15) is 17.0 Å². The first kappa shape index (κ1) is 11.5. The van der Waals surface area contributed by atoms with Crippen molar-refractivity contribution in [2.45, 2.75) is 20.4 Å². The molecular weight excluding hydrogens is 212 g/mol. The summed E-state index contributed by atoms with van der Waals surface area (Å²) in [7, 11) is 1.97. The maximum atomic E-state index is 5.64. The highest BCUT2D eigenvalue weighted by Gasteiger charge is 2.08. The van der Waals surface area contributed by atoms with Gasteiger partial charge in [-0.15, -0.1) is 0 Å². The SMILES string of the molecule is Cc1nn(C)c(C)c1CNc1ccc(N)cc1. The Kier molecular flexibility index (Phi) is 3.04. The van der Waals surface area contributed by atoms with Gasteiger partial charge >= 0.3 is 0 Å². The number of benzene rings is 1. The average molecular weight is 230 g/mol. The van der Waals surface area contributed by atoms with E-state index in [0.717, 1.165) is 23.6 Å². The molecule has 0 bridgehead atoms. The van der Waals surface area contributed by atoms with E-state index >= 15 is 0 Å². The third-order valence-corrected chi connectivity index (χ3v) is 3.04. The van der Waals surface area contributed by atoms with Gasteiger partial charge in [-0.2, -0.15) is 5.10 Å². The van der Waals surface area contributed by atoms with Gasteiger partial charge in [0.2, 0.25) is 0 Å². The van der Waals surface area contributed by atoms with E-state index in [1.807, 2.05) is 42.9 Å². The van der Waals surface area contributed by atoms with Crippen molar-refractivity contribution in [2.75, 3.05) is 11.1 Å².